The summed E-state index contributed by atoms with van der Waals surface area (Å²) < 4.78 is 57.3. The van der Waals surface area contributed by atoms with Crippen LogP contribution in [-0.4, -0.2) is 29.0 Å². The largest absolute Gasteiger partial charge is 0.483 e. The van der Waals surface area contributed by atoms with Crippen LogP contribution in [0.5, 0.6) is 5.75 Å². The first-order chi connectivity index (χ1) is 17.7. The summed E-state index contributed by atoms with van der Waals surface area (Å²) in [7, 11) is 0. The quantitative estimate of drug-likeness (QED) is 0.336. The minimum atomic E-state index is -4.46. The van der Waals surface area contributed by atoms with Gasteiger partial charge in [-0.2, -0.15) is 13.2 Å². The van der Waals surface area contributed by atoms with Gasteiger partial charge in [0.05, 0.1) is 11.6 Å². The van der Waals surface area contributed by atoms with E-state index in [1.54, 1.807) is 17.5 Å². The van der Waals surface area contributed by atoms with Gasteiger partial charge < -0.3 is 20.7 Å². The zero-order valence-corrected chi connectivity index (χ0v) is 20.3. The number of para-hydroxylation sites is 1. The first-order valence-electron chi connectivity index (χ1n) is 11.6. The number of hydrogen-bond acceptors (Lipinski definition) is 5. The number of thiazole rings is 1. The molecule has 2 aromatic carbocycles. The van der Waals surface area contributed by atoms with Crippen LogP contribution in [0.25, 0.3) is 0 Å². The predicted molar refractivity (Wildman–Crippen MR) is 130 cm³/mol. The molecule has 1 aromatic heterocycles. The number of nitrogens with one attached hydrogen (secondary N) is 3. The second-order valence-corrected chi connectivity index (χ2v) is 9.43. The van der Waals surface area contributed by atoms with Crippen LogP contribution in [-0.2, 0) is 12.8 Å². The first-order valence-corrected chi connectivity index (χ1v) is 12.4. The zero-order valence-electron chi connectivity index (χ0n) is 19.5. The Balaban J connectivity index is 1.31. The lowest BCUT2D eigenvalue weighted by Crippen LogP contribution is -2.54. The molecule has 37 heavy (non-hydrogen) atoms. The van der Waals surface area contributed by atoms with E-state index in [4.69, 9.17) is 4.74 Å². The third kappa shape index (κ3) is 7.19. The van der Waals surface area contributed by atoms with Gasteiger partial charge in [0, 0.05) is 17.1 Å². The van der Waals surface area contributed by atoms with Gasteiger partial charge in [-0.1, -0.05) is 25.0 Å². The number of urea groups is 1. The minimum absolute atomic E-state index is 0.0105. The lowest BCUT2D eigenvalue weighted by Gasteiger charge is -2.32. The third-order valence-electron chi connectivity index (χ3n) is 5.84. The summed E-state index contributed by atoms with van der Waals surface area (Å²) in [5, 5.41) is 10.3. The smallest absolute Gasteiger partial charge is 0.416 e. The lowest BCUT2D eigenvalue weighted by atomic mass is 9.90. The number of benzene rings is 2. The van der Waals surface area contributed by atoms with Crippen molar-refractivity contribution < 1.29 is 31.9 Å². The molecule has 0 unspecified atom stereocenters. The van der Waals surface area contributed by atoms with E-state index in [1.807, 2.05) is 0 Å². The molecule has 1 heterocycles. The van der Waals surface area contributed by atoms with Crippen LogP contribution < -0.4 is 20.7 Å². The zero-order chi connectivity index (χ0) is 26.4. The Morgan fingerprint density at radius 3 is 2.35 bits per heavy atom. The van der Waals surface area contributed by atoms with Gasteiger partial charge in [-0.05, 0) is 49.2 Å². The van der Waals surface area contributed by atoms with Crippen molar-refractivity contribution in [2.24, 2.45) is 0 Å². The number of nitrogens with zero attached hydrogens (tertiary/aromatic N) is 1. The fraction of sp³-hybridized carbons (Fsp3) is 0.320. The summed E-state index contributed by atoms with van der Waals surface area (Å²) in [6, 6.07) is 8.84. The summed E-state index contributed by atoms with van der Waals surface area (Å²) in [6.45, 7) is 0.0105. The average molecular weight is 537 g/mol. The van der Waals surface area contributed by atoms with Crippen molar-refractivity contribution >= 4 is 29.0 Å². The van der Waals surface area contributed by atoms with E-state index >= 15 is 0 Å². The molecule has 0 radical (unpaired) electrons. The maximum absolute atomic E-state index is 13.7. The molecule has 3 aromatic rings. The second kappa shape index (κ2) is 11.6. The maximum Gasteiger partial charge on any atom is 0.416 e. The number of aromatic nitrogens is 1. The molecule has 1 aliphatic carbocycles. The fourth-order valence-electron chi connectivity index (χ4n) is 3.98. The molecule has 1 saturated carbocycles. The minimum Gasteiger partial charge on any atom is -0.483 e. The van der Waals surface area contributed by atoms with E-state index in [1.165, 1.54) is 35.6 Å². The van der Waals surface area contributed by atoms with Crippen molar-refractivity contribution in [2.75, 3.05) is 5.32 Å². The summed E-state index contributed by atoms with van der Waals surface area (Å²) in [4.78, 5) is 29.5. The third-order valence-corrected chi connectivity index (χ3v) is 6.66. The van der Waals surface area contributed by atoms with Crippen molar-refractivity contribution in [3.63, 3.8) is 0 Å². The highest BCUT2D eigenvalue weighted by Crippen LogP contribution is 2.30. The molecule has 0 bridgehead atoms. The van der Waals surface area contributed by atoms with E-state index in [-0.39, 0.29) is 35.8 Å². The molecular weight excluding hydrogens is 512 g/mol. The highest BCUT2D eigenvalue weighted by molar-refractivity contribution is 7.09. The molecule has 1 aliphatic rings. The van der Waals surface area contributed by atoms with Gasteiger partial charge in [0.25, 0.3) is 5.91 Å². The SMILES string of the molecule is O=C(Nc1ccc(C(F)(F)F)cc1)N[C@H]1CCCC[C@@H]1NC(=O)c1csc(COc2ccccc2F)n1. The number of rotatable bonds is 7. The van der Waals surface area contributed by atoms with E-state index in [9.17, 15) is 27.2 Å². The van der Waals surface area contributed by atoms with Crippen molar-refractivity contribution in [1.29, 1.82) is 0 Å². The van der Waals surface area contributed by atoms with E-state index in [0.29, 0.717) is 17.8 Å². The van der Waals surface area contributed by atoms with Crippen LogP contribution in [0.4, 0.5) is 28.0 Å². The van der Waals surface area contributed by atoms with Crippen molar-refractivity contribution in [3.05, 3.63) is 76.0 Å². The summed E-state index contributed by atoms with van der Waals surface area (Å²) in [6.07, 6.45) is -1.47. The first kappa shape index (κ1) is 26.4. The summed E-state index contributed by atoms with van der Waals surface area (Å²) in [5.74, 6) is -0.806. The summed E-state index contributed by atoms with van der Waals surface area (Å²) in [5.41, 5.74) is -0.400. The molecule has 0 aliphatic heterocycles. The highest BCUT2D eigenvalue weighted by atomic mass is 32.1. The van der Waals surface area contributed by atoms with Gasteiger partial charge in [0.15, 0.2) is 11.6 Å². The van der Waals surface area contributed by atoms with E-state index < -0.39 is 29.5 Å². The number of alkyl halides is 3. The van der Waals surface area contributed by atoms with Gasteiger partial charge in [0.1, 0.15) is 17.3 Å². The average Bonchev–Trinajstić information content (AvgIpc) is 3.34. The van der Waals surface area contributed by atoms with Crippen LogP contribution >= 0.6 is 11.3 Å². The predicted octanol–water partition coefficient (Wildman–Crippen LogP) is 5.74. The van der Waals surface area contributed by atoms with Gasteiger partial charge in [0.2, 0.25) is 0 Å². The Morgan fingerprint density at radius 2 is 1.68 bits per heavy atom. The van der Waals surface area contributed by atoms with Gasteiger partial charge in [-0.3, -0.25) is 4.79 Å². The molecule has 0 spiro atoms. The van der Waals surface area contributed by atoms with Crippen molar-refractivity contribution in [3.8, 4) is 5.75 Å². The number of anilines is 1. The molecular formula is C25H24F4N4O3S. The van der Waals surface area contributed by atoms with Crippen molar-refractivity contribution in [1.82, 2.24) is 15.6 Å². The normalized spacial score (nSPS) is 17.6. The number of amides is 3. The lowest BCUT2D eigenvalue weighted by molar-refractivity contribution is -0.137. The van der Waals surface area contributed by atoms with Gasteiger partial charge in [-0.15, -0.1) is 11.3 Å². The topological polar surface area (TPSA) is 92.4 Å². The standard InChI is InChI=1S/C25H24F4N4O3S/c26-17-5-1-4-8-21(17)36-13-22-31-20(14-37-22)23(34)32-18-6-2-3-7-19(18)33-24(35)30-16-11-9-15(10-12-16)25(27,28)29/h1,4-5,8-12,14,18-19H,2-3,6-7,13H2,(H,32,34)(H2,30,33,35)/t18-,19-/m0/s1. The van der Waals surface area contributed by atoms with Crippen LogP contribution in [0.15, 0.2) is 53.9 Å². The molecule has 7 nitrogen and oxygen atoms in total. The van der Waals surface area contributed by atoms with Crippen LogP contribution in [0.1, 0.15) is 46.7 Å². The molecule has 3 amide bonds. The summed E-state index contributed by atoms with van der Waals surface area (Å²) >= 11 is 1.21. The monoisotopic (exact) mass is 536 g/mol. The molecule has 12 heteroatoms. The molecule has 196 valence electrons. The van der Waals surface area contributed by atoms with E-state index in [2.05, 4.69) is 20.9 Å². The Labute approximate surface area is 214 Å². The second-order valence-electron chi connectivity index (χ2n) is 8.49. The molecule has 4 rings (SSSR count). The number of ether oxygens (including phenoxy) is 1. The number of hydrogen-bond donors (Lipinski definition) is 3. The number of carbonyl (C=O) groups excluding carboxylic acids is 2. The van der Waals surface area contributed by atoms with E-state index in [0.717, 1.165) is 25.0 Å². The Kier molecular flexibility index (Phi) is 8.27. The molecule has 0 saturated heterocycles. The van der Waals surface area contributed by atoms with Gasteiger partial charge in [-0.25, -0.2) is 14.2 Å². The van der Waals surface area contributed by atoms with Gasteiger partial charge >= 0.3 is 12.2 Å². The van der Waals surface area contributed by atoms with Crippen LogP contribution in [0, 0.1) is 5.82 Å². The maximum atomic E-state index is 13.7. The number of halogens is 4. The fourth-order valence-corrected chi connectivity index (χ4v) is 4.67. The number of carbonyl (C=O) groups is 2. The van der Waals surface area contributed by atoms with Crippen LogP contribution in [0.2, 0.25) is 0 Å². The highest BCUT2D eigenvalue weighted by Gasteiger charge is 2.31. The Hall–Kier alpha value is -3.67. The molecule has 1 fully saturated rings. The Bertz CT molecular complexity index is 1230. The Morgan fingerprint density at radius 1 is 1.00 bits per heavy atom. The van der Waals surface area contributed by atoms with Crippen molar-refractivity contribution in [2.45, 2.75) is 50.6 Å². The molecule has 3 N–H and O–H groups in total. The molecule has 2 atom stereocenters. The van der Waals surface area contributed by atoms with Crippen LogP contribution in [0.3, 0.4) is 0 Å².